The van der Waals surface area contributed by atoms with E-state index in [0.29, 0.717) is 0 Å². The van der Waals surface area contributed by atoms with Gasteiger partial charge in [0.25, 0.3) is 0 Å². The summed E-state index contributed by atoms with van der Waals surface area (Å²) in [7, 11) is 0. The molecule has 0 amide bonds. The summed E-state index contributed by atoms with van der Waals surface area (Å²) >= 11 is 0. The number of rotatable bonds is 2. The lowest BCUT2D eigenvalue weighted by molar-refractivity contribution is 0.112. The fourth-order valence-electron chi connectivity index (χ4n) is 0.532. The Morgan fingerprint density at radius 3 is 1.71 bits per heavy atom. The van der Waals surface area contributed by atoms with Crippen molar-refractivity contribution < 1.29 is 4.79 Å². The third-order valence-corrected chi connectivity index (χ3v) is 1.66. The molecule has 0 aromatic heterocycles. The largest absolute Gasteiger partial charge is 0.298 e. The highest BCUT2D eigenvalue weighted by Crippen LogP contribution is 1.98. The summed E-state index contributed by atoms with van der Waals surface area (Å²) in [6.07, 6.45) is 0.833. The van der Waals surface area contributed by atoms with Crippen LogP contribution in [0, 0.1) is 0 Å². The molecule has 0 N–H and O–H groups in total. The highest BCUT2D eigenvalue weighted by Gasteiger charge is 1.80. The second kappa shape index (κ2) is 6.84. The highest BCUT2D eigenvalue weighted by atomic mass is 16.1. The minimum absolute atomic E-state index is 0.729. The Kier molecular flexibility index (Phi) is 6.04. The number of carbonyl (C=O) groups excluding carboxylic acids is 1. The van der Waals surface area contributed by atoms with Gasteiger partial charge in [0.1, 0.15) is 6.29 Å². The first-order valence-electron chi connectivity index (χ1n) is 4.39. The zero-order chi connectivity index (χ0) is 11.0. The molecule has 0 fully saturated rings. The maximum absolute atomic E-state index is 10.0. The molecule has 0 saturated carbocycles. The van der Waals surface area contributed by atoms with Gasteiger partial charge in [0, 0.05) is 5.56 Å². The van der Waals surface area contributed by atoms with Gasteiger partial charge in [-0.05, 0) is 13.8 Å². The van der Waals surface area contributed by atoms with E-state index in [4.69, 9.17) is 0 Å². The van der Waals surface area contributed by atoms with Crippen molar-refractivity contribution in [1.82, 2.24) is 0 Å². The number of hydrogen-bond donors (Lipinski definition) is 0. The topological polar surface area (TPSA) is 17.1 Å². The Hall–Kier alpha value is -1.63. The molecule has 74 valence electrons. The van der Waals surface area contributed by atoms with E-state index in [0.717, 1.165) is 23.0 Å². The third-order valence-electron chi connectivity index (χ3n) is 1.66. The summed E-state index contributed by atoms with van der Waals surface area (Å²) in [6, 6.07) is 9.10. The average Bonchev–Trinajstić information content (AvgIpc) is 2.20. The van der Waals surface area contributed by atoms with Crippen molar-refractivity contribution in [2.75, 3.05) is 0 Å². The van der Waals surface area contributed by atoms with Crippen molar-refractivity contribution in [2.24, 2.45) is 0 Å². The van der Waals surface area contributed by atoms with Crippen LogP contribution in [0.25, 0.3) is 0 Å². The number of hydrogen-bond acceptors (Lipinski definition) is 1. The first kappa shape index (κ1) is 12.4. The first-order valence-corrected chi connectivity index (χ1v) is 4.39. The zero-order valence-electron chi connectivity index (χ0n) is 8.79. The van der Waals surface area contributed by atoms with E-state index in [1.165, 1.54) is 0 Å². The van der Waals surface area contributed by atoms with Gasteiger partial charge in [-0.2, -0.15) is 0 Å². The molecule has 0 aliphatic carbocycles. The Labute approximate surface area is 85.8 Å². The van der Waals surface area contributed by atoms with Crippen molar-refractivity contribution in [3.8, 4) is 0 Å². The van der Waals surface area contributed by atoms with Crippen LogP contribution >= 0.6 is 0 Å². The zero-order valence-corrected chi connectivity index (χ0v) is 8.79. The Balaban J connectivity index is 0.000000255. The van der Waals surface area contributed by atoms with E-state index >= 15 is 0 Å². The molecular weight excluding hydrogens is 172 g/mol. The van der Waals surface area contributed by atoms with Crippen molar-refractivity contribution in [3.05, 3.63) is 60.2 Å². The van der Waals surface area contributed by atoms with Gasteiger partial charge in [-0.25, -0.2) is 0 Å². The lowest BCUT2D eigenvalue weighted by Crippen LogP contribution is -1.73. The minimum Gasteiger partial charge on any atom is -0.298 e. The minimum atomic E-state index is 0.729. The predicted octanol–water partition coefficient (Wildman–Crippen LogP) is 3.64. The summed E-state index contributed by atoms with van der Waals surface area (Å²) < 4.78 is 0. The standard InChI is InChI=1S/C7H6O.C6H10/c8-6-7-4-2-1-3-5-7;1-5(2)6(3)4/h1-6H;1,3H2,2,4H3. The number of aldehydes is 1. The number of benzene rings is 1. The second-order valence-electron chi connectivity index (χ2n) is 3.09. The summed E-state index contributed by atoms with van der Waals surface area (Å²) in [5, 5.41) is 0. The van der Waals surface area contributed by atoms with E-state index in [9.17, 15) is 4.79 Å². The predicted molar refractivity (Wildman–Crippen MR) is 61.5 cm³/mol. The van der Waals surface area contributed by atoms with Crippen LogP contribution in [0.15, 0.2) is 54.6 Å². The van der Waals surface area contributed by atoms with Gasteiger partial charge in [-0.15, -0.1) is 0 Å². The van der Waals surface area contributed by atoms with Crippen LogP contribution in [0.3, 0.4) is 0 Å². The molecule has 14 heavy (non-hydrogen) atoms. The van der Waals surface area contributed by atoms with Crippen LogP contribution in [0.4, 0.5) is 0 Å². The van der Waals surface area contributed by atoms with E-state index in [1.807, 2.05) is 32.0 Å². The molecule has 0 spiro atoms. The van der Waals surface area contributed by atoms with Crippen LogP contribution in [-0.4, -0.2) is 6.29 Å². The van der Waals surface area contributed by atoms with Gasteiger partial charge >= 0.3 is 0 Å². The fourth-order valence-corrected chi connectivity index (χ4v) is 0.532. The van der Waals surface area contributed by atoms with Crippen LogP contribution in [-0.2, 0) is 0 Å². The number of allylic oxidation sites excluding steroid dienone is 2. The normalized spacial score (nSPS) is 8.14. The van der Waals surface area contributed by atoms with Crippen LogP contribution in [0.2, 0.25) is 0 Å². The lowest BCUT2D eigenvalue weighted by atomic mass is 10.2. The molecule has 1 heteroatoms. The molecule has 0 atom stereocenters. The molecule has 1 aromatic carbocycles. The van der Waals surface area contributed by atoms with Gasteiger partial charge in [0.05, 0.1) is 0 Å². The molecular formula is C13H16O. The SMILES string of the molecule is C=C(C)C(=C)C.O=Cc1ccccc1. The summed E-state index contributed by atoms with van der Waals surface area (Å²) in [6.45, 7) is 11.2. The van der Waals surface area contributed by atoms with Gasteiger partial charge in [0.2, 0.25) is 0 Å². The second-order valence-corrected chi connectivity index (χ2v) is 3.09. The van der Waals surface area contributed by atoms with Gasteiger partial charge in [0.15, 0.2) is 0 Å². The molecule has 0 radical (unpaired) electrons. The molecule has 0 aliphatic rings. The maximum atomic E-state index is 10.0. The van der Waals surface area contributed by atoms with Gasteiger partial charge < -0.3 is 0 Å². The van der Waals surface area contributed by atoms with E-state index in [1.54, 1.807) is 12.1 Å². The number of carbonyl (C=O) groups is 1. The molecule has 0 unspecified atom stereocenters. The van der Waals surface area contributed by atoms with E-state index < -0.39 is 0 Å². The monoisotopic (exact) mass is 188 g/mol. The Bertz CT molecular complexity index is 297. The van der Waals surface area contributed by atoms with E-state index in [-0.39, 0.29) is 0 Å². The van der Waals surface area contributed by atoms with Crippen molar-refractivity contribution in [1.29, 1.82) is 0 Å². The van der Waals surface area contributed by atoms with Crippen molar-refractivity contribution in [2.45, 2.75) is 13.8 Å². The Morgan fingerprint density at radius 1 is 1.07 bits per heavy atom. The molecule has 1 aromatic rings. The summed E-state index contributed by atoms with van der Waals surface area (Å²) in [5.74, 6) is 0. The highest BCUT2D eigenvalue weighted by molar-refractivity contribution is 5.74. The molecule has 0 heterocycles. The molecule has 1 nitrogen and oxygen atoms in total. The van der Waals surface area contributed by atoms with E-state index in [2.05, 4.69) is 13.2 Å². The fraction of sp³-hybridized carbons (Fsp3) is 0.154. The summed E-state index contributed by atoms with van der Waals surface area (Å²) in [4.78, 5) is 10.0. The van der Waals surface area contributed by atoms with Crippen molar-refractivity contribution in [3.63, 3.8) is 0 Å². The average molecular weight is 188 g/mol. The Morgan fingerprint density at radius 2 is 1.50 bits per heavy atom. The summed E-state index contributed by atoms with van der Waals surface area (Å²) in [5.41, 5.74) is 2.86. The quantitative estimate of drug-likeness (QED) is 0.511. The van der Waals surface area contributed by atoms with Crippen LogP contribution < -0.4 is 0 Å². The van der Waals surface area contributed by atoms with Crippen molar-refractivity contribution >= 4 is 6.29 Å². The van der Waals surface area contributed by atoms with Gasteiger partial charge in [-0.1, -0.05) is 54.6 Å². The van der Waals surface area contributed by atoms with Crippen LogP contribution in [0.5, 0.6) is 0 Å². The smallest absolute Gasteiger partial charge is 0.150 e. The van der Waals surface area contributed by atoms with Crippen LogP contribution in [0.1, 0.15) is 24.2 Å². The lowest BCUT2D eigenvalue weighted by Gasteiger charge is -1.88. The maximum Gasteiger partial charge on any atom is 0.150 e. The molecule has 0 bridgehead atoms. The first-order chi connectivity index (χ1) is 6.57. The third kappa shape index (κ3) is 5.95. The molecule has 0 aliphatic heterocycles. The molecule has 0 saturated heterocycles. The molecule has 1 rings (SSSR count). The van der Waals surface area contributed by atoms with Gasteiger partial charge in [-0.3, -0.25) is 4.79 Å².